The normalized spacial score (nSPS) is 9.58. The Morgan fingerprint density at radius 3 is 2.92 bits per heavy atom. The van der Waals surface area contributed by atoms with E-state index in [1.807, 2.05) is 27.0 Å². The van der Waals surface area contributed by atoms with Crippen molar-refractivity contribution in [2.24, 2.45) is 0 Å². The monoisotopic (exact) mass is 166 g/mol. The Bertz CT molecular complexity index is 261. The summed E-state index contributed by atoms with van der Waals surface area (Å²) in [7, 11) is 1.85. The lowest BCUT2D eigenvalue weighted by Gasteiger charge is -2.09. The number of rotatable bonds is 3. The van der Waals surface area contributed by atoms with Gasteiger partial charge in [0.2, 0.25) is 0 Å². The second kappa shape index (κ2) is 3.95. The quantitative estimate of drug-likeness (QED) is 0.743. The van der Waals surface area contributed by atoms with Gasteiger partial charge in [0.25, 0.3) is 0 Å². The van der Waals surface area contributed by atoms with Gasteiger partial charge in [-0.15, -0.1) is 0 Å². The van der Waals surface area contributed by atoms with Crippen LogP contribution >= 0.6 is 0 Å². The van der Waals surface area contributed by atoms with Crippen molar-refractivity contribution in [1.29, 1.82) is 0 Å². The Balaban J connectivity index is 2.97. The van der Waals surface area contributed by atoms with Crippen LogP contribution in [-0.2, 0) is 0 Å². The fourth-order valence-corrected chi connectivity index (χ4v) is 1.08. The van der Waals surface area contributed by atoms with E-state index in [1.54, 1.807) is 6.20 Å². The molecule has 0 unspecified atom stereocenters. The first-order chi connectivity index (χ1) is 5.79. The van der Waals surface area contributed by atoms with Gasteiger partial charge in [0, 0.05) is 18.8 Å². The Kier molecular flexibility index (Phi) is 2.91. The third kappa shape index (κ3) is 1.67. The van der Waals surface area contributed by atoms with Gasteiger partial charge in [-0.3, -0.25) is 0 Å². The minimum absolute atomic E-state index is 0.688. The highest BCUT2D eigenvalue weighted by Crippen LogP contribution is 2.22. The van der Waals surface area contributed by atoms with Gasteiger partial charge in [0.15, 0.2) is 0 Å². The number of aromatic nitrogens is 1. The molecular weight excluding hydrogens is 152 g/mol. The van der Waals surface area contributed by atoms with Crippen molar-refractivity contribution >= 4 is 5.82 Å². The van der Waals surface area contributed by atoms with Crippen LogP contribution in [0.3, 0.4) is 0 Å². The first-order valence-electron chi connectivity index (χ1n) is 4.05. The lowest BCUT2D eigenvalue weighted by molar-refractivity contribution is 0.337. The zero-order chi connectivity index (χ0) is 8.97. The first kappa shape index (κ1) is 8.84. The fourth-order valence-electron chi connectivity index (χ4n) is 1.08. The molecule has 66 valence electrons. The van der Waals surface area contributed by atoms with Gasteiger partial charge in [0.05, 0.1) is 6.61 Å². The molecule has 0 spiro atoms. The minimum atomic E-state index is 0.688. The largest absolute Gasteiger partial charge is 0.493 e. The van der Waals surface area contributed by atoms with Crippen LogP contribution < -0.4 is 10.1 Å². The molecule has 1 rings (SSSR count). The van der Waals surface area contributed by atoms with E-state index in [4.69, 9.17) is 4.74 Å². The predicted octanol–water partition coefficient (Wildman–Crippen LogP) is 1.83. The number of hydrogen-bond acceptors (Lipinski definition) is 3. The number of hydrogen-bond donors (Lipinski definition) is 1. The summed E-state index contributed by atoms with van der Waals surface area (Å²) < 4.78 is 5.40. The van der Waals surface area contributed by atoms with E-state index in [1.165, 1.54) is 0 Å². The van der Waals surface area contributed by atoms with Gasteiger partial charge >= 0.3 is 0 Å². The van der Waals surface area contributed by atoms with Crippen molar-refractivity contribution in [3.05, 3.63) is 17.8 Å². The number of anilines is 1. The fraction of sp³-hybridized carbons (Fsp3) is 0.444. The van der Waals surface area contributed by atoms with E-state index < -0.39 is 0 Å². The smallest absolute Gasteiger partial charge is 0.132 e. The van der Waals surface area contributed by atoms with Crippen LogP contribution in [0.25, 0.3) is 0 Å². The van der Waals surface area contributed by atoms with Crippen molar-refractivity contribution < 1.29 is 4.74 Å². The summed E-state index contributed by atoms with van der Waals surface area (Å²) in [5.41, 5.74) is 1.06. The van der Waals surface area contributed by atoms with Crippen molar-refractivity contribution in [1.82, 2.24) is 4.98 Å². The highest BCUT2D eigenvalue weighted by molar-refractivity contribution is 5.50. The molecule has 0 aliphatic carbocycles. The van der Waals surface area contributed by atoms with Crippen LogP contribution in [0, 0.1) is 6.92 Å². The van der Waals surface area contributed by atoms with E-state index >= 15 is 0 Å². The second-order valence-electron chi connectivity index (χ2n) is 2.47. The van der Waals surface area contributed by atoms with E-state index in [0.717, 1.165) is 17.1 Å². The summed E-state index contributed by atoms with van der Waals surface area (Å²) in [4.78, 5) is 4.15. The highest BCUT2D eigenvalue weighted by atomic mass is 16.5. The molecule has 0 fully saturated rings. The molecule has 1 N–H and O–H groups in total. The molecule has 3 heteroatoms. The van der Waals surface area contributed by atoms with Crippen LogP contribution in [0.5, 0.6) is 5.75 Å². The third-order valence-electron chi connectivity index (χ3n) is 1.69. The van der Waals surface area contributed by atoms with Gasteiger partial charge in [-0.2, -0.15) is 0 Å². The molecule has 0 saturated carbocycles. The summed E-state index contributed by atoms with van der Waals surface area (Å²) in [6.07, 6.45) is 1.74. The van der Waals surface area contributed by atoms with Gasteiger partial charge in [-0.1, -0.05) is 0 Å². The average molecular weight is 166 g/mol. The van der Waals surface area contributed by atoms with Gasteiger partial charge in [0.1, 0.15) is 11.6 Å². The van der Waals surface area contributed by atoms with E-state index in [-0.39, 0.29) is 0 Å². The average Bonchev–Trinajstić information content (AvgIpc) is 2.09. The van der Waals surface area contributed by atoms with Crippen molar-refractivity contribution in [2.45, 2.75) is 13.8 Å². The molecule has 0 aromatic carbocycles. The van der Waals surface area contributed by atoms with E-state index in [9.17, 15) is 0 Å². The molecule has 1 aromatic heterocycles. The molecule has 3 nitrogen and oxygen atoms in total. The second-order valence-corrected chi connectivity index (χ2v) is 2.47. The summed E-state index contributed by atoms with van der Waals surface area (Å²) >= 11 is 0. The van der Waals surface area contributed by atoms with Crippen molar-refractivity contribution in [3.8, 4) is 5.75 Å². The SMILES string of the molecule is CCOc1ccnc(NC)c1C. The molecule has 0 aliphatic heterocycles. The van der Waals surface area contributed by atoms with Crippen molar-refractivity contribution in [3.63, 3.8) is 0 Å². The standard InChI is InChI=1S/C9H14N2O/c1-4-12-8-5-6-11-9(10-3)7(8)2/h5-6H,4H2,1-3H3,(H,10,11). The minimum Gasteiger partial charge on any atom is -0.493 e. The van der Waals surface area contributed by atoms with Crippen LogP contribution in [0.4, 0.5) is 5.82 Å². The molecular formula is C9H14N2O. The number of nitrogens with one attached hydrogen (secondary N) is 1. The Morgan fingerprint density at radius 2 is 2.33 bits per heavy atom. The van der Waals surface area contributed by atoms with Crippen LogP contribution in [0.2, 0.25) is 0 Å². The summed E-state index contributed by atoms with van der Waals surface area (Å²) in [6.45, 7) is 4.65. The van der Waals surface area contributed by atoms with Gasteiger partial charge in [-0.25, -0.2) is 4.98 Å². The van der Waals surface area contributed by atoms with E-state index in [0.29, 0.717) is 6.61 Å². The zero-order valence-electron chi connectivity index (χ0n) is 7.72. The maximum Gasteiger partial charge on any atom is 0.132 e. The zero-order valence-corrected chi connectivity index (χ0v) is 7.72. The topological polar surface area (TPSA) is 34.1 Å². The molecule has 1 heterocycles. The summed E-state index contributed by atoms with van der Waals surface area (Å²) in [5, 5.41) is 3.00. The lowest BCUT2D eigenvalue weighted by atomic mass is 10.2. The van der Waals surface area contributed by atoms with E-state index in [2.05, 4.69) is 10.3 Å². The molecule has 12 heavy (non-hydrogen) atoms. The first-order valence-corrected chi connectivity index (χ1v) is 4.05. The number of ether oxygens (including phenoxy) is 1. The molecule has 0 aliphatic rings. The molecule has 1 aromatic rings. The molecule has 0 radical (unpaired) electrons. The third-order valence-corrected chi connectivity index (χ3v) is 1.69. The van der Waals surface area contributed by atoms with Crippen LogP contribution in [-0.4, -0.2) is 18.6 Å². The van der Waals surface area contributed by atoms with Gasteiger partial charge < -0.3 is 10.1 Å². The Hall–Kier alpha value is -1.25. The number of pyridine rings is 1. The predicted molar refractivity (Wildman–Crippen MR) is 49.7 cm³/mol. The maximum absolute atomic E-state index is 5.40. The number of nitrogens with zero attached hydrogens (tertiary/aromatic N) is 1. The Labute approximate surface area is 72.8 Å². The summed E-state index contributed by atoms with van der Waals surface area (Å²) in [5.74, 6) is 1.78. The highest BCUT2D eigenvalue weighted by Gasteiger charge is 2.02. The van der Waals surface area contributed by atoms with Crippen LogP contribution in [0.1, 0.15) is 12.5 Å². The van der Waals surface area contributed by atoms with Crippen LogP contribution in [0.15, 0.2) is 12.3 Å². The van der Waals surface area contributed by atoms with Crippen molar-refractivity contribution in [2.75, 3.05) is 19.0 Å². The molecule has 0 atom stereocenters. The van der Waals surface area contributed by atoms with Gasteiger partial charge in [-0.05, 0) is 19.9 Å². The maximum atomic E-state index is 5.40. The molecule has 0 bridgehead atoms. The lowest BCUT2D eigenvalue weighted by Crippen LogP contribution is -1.99. The Morgan fingerprint density at radius 1 is 1.58 bits per heavy atom. The molecule has 0 saturated heterocycles. The molecule has 0 amide bonds. The summed E-state index contributed by atoms with van der Waals surface area (Å²) in [6, 6.07) is 1.87.